The Balaban J connectivity index is 1.42. The molecule has 0 spiro atoms. The van der Waals surface area contributed by atoms with Crippen LogP contribution in [0.3, 0.4) is 0 Å². The zero-order valence-corrected chi connectivity index (χ0v) is 34.7. The summed E-state index contributed by atoms with van der Waals surface area (Å²) in [5.74, 6) is 0.900. The van der Waals surface area contributed by atoms with Crippen LogP contribution in [0.4, 0.5) is 0 Å². The maximum absolute atomic E-state index is 14.9. The zero-order chi connectivity index (χ0) is 42.2. The minimum absolute atomic E-state index is 0.0305. The summed E-state index contributed by atoms with van der Waals surface area (Å²) in [7, 11) is 3.04. The molecule has 6 atom stereocenters. The van der Waals surface area contributed by atoms with Crippen molar-refractivity contribution in [3.05, 3.63) is 95.6 Å². The van der Waals surface area contributed by atoms with E-state index in [1.807, 2.05) is 30.0 Å². The third kappa shape index (κ3) is 8.35. The average Bonchev–Trinajstić information content (AvgIpc) is 3.75. The lowest BCUT2D eigenvalue weighted by molar-refractivity contribution is -0.254. The van der Waals surface area contributed by atoms with Crippen molar-refractivity contribution in [2.75, 3.05) is 47.4 Å². The number of unbranched alkanes of at least 4 members (excludes halogenated alkanes) is 2. The maximum Gasteiger partial charge on any atom is 0.254 e. The van der Waals surface area contributed by atoms with E-state index >= 15 is 0 Å². The number of benzene rings is 3. The number of ether oxygens (including phenoxy) is 6. The van der Waals surface area contributed by atoms with E-state index in [9.17, 15) is 19.8 Å². The van der Waals surface area contributed by atoms with Gasteiger partial charge in [-0.3, -0.25) is 9.59 Å². The van der Waals surface area contributed by atoms with Gasteiger partial charge in [0, 0.05) is 43.2 Å². The Hall–Kier alpha value is -5.37. The molecule has 1 saturated carbocycles. The Morgan fingerprint density at radius 2 is 1.72 bits per heavy atom. The van der Waals surface area contributed by atoms with Gasteiger partial charge in [-0.05, 0) is 104 Å². The molecule has 0 radical (unpaired) electrons. The van der Waals surface area contributed by atoms with Crippen molar-refractivity contribution >= 4 is 17.9 Å². The van der Waals surface area contributed by atoms with Crippen LogP contribution >= 0.6 is 0 Å². The quantitative estimate of drug-likeness (QED) is 0.0496. The number of fused-ring (bicyclic) bond motifs is 3. The molecule has 2 N–H and O–H groups in total. The summed E-state index contributed by atoms with van der Waals surface area (Å²) >= 11 is 0. The van der Waals surface area contributed by atoms with Crippen LogP contribution in [0, 0.1) is 17.8 Å². The van der Waals surface area contributed by atoms with E-state index < -0.39 is 17.7 Å². The first-order chi connectivity index (χ1) is 29.3. The maximum atomic E-state index is 14.9. The van der Waals surface area contributed by atoms with Gasteiger partial charge in [0.05, 0.1) is 30.9 Å². The Kier molecular flexibility index (Phi) is 13.8. The second kappa shape index (κ2) is 19.3. The van der Waals surface area contributed by atoms with Gasteiger partial charge in [-0.1, -0.05) is 37.1 Å². The predicted octanol–water partition coefficient (Wildman–Crippen LogP) is 7.84. The van der Waals surface area contributed by atoms with Crippen LogP contribution in [0.15, 0.2) is 84.1 Å². The third-order valence-corrected chi connectivity index (χ3v) is 12.1. The van der Waals surface area contributed by atoms with Gasteiger partial charge in [0.25, 0.3) is 5.91 Å². The van der Waals surface area contributed by atoms with E-state index in [0.29, 0.717) is 77.1 Å². The molecule has 0 aromatic heterocycles. The summed E-state index contributed by atoms with van der Waals surface area (Å²) < 4.78 is 37.4. The lowest BCUT2D eigenvalue weighted by atomic mass is 9.55. The fourth-order valence-electron chi connectivity index (χ4n) is 9.66. The number of nitrogens with zero attached hydrogens (tertiary/aromatic N) is 2. The molecule has 2 aliphatic heterocycles. The molecule has 7 rings (SSSR count). The Bertz CT molecular complexity index is 2080. The Morgan fingerprint density at radius 3 is 2.45 bits per heavy atom. The monoisotopic (exact) mass is 824 g/mol. The molecule has 1 amide bonds. The van der Waals surface area contributed by atoms with E-state index in [1.165, 1.54) is 14.2 Å². The fraction of sp³-hybridized carbons (Fsp3) is 0.468. The molecule has 4 aliphatic rings. The van der Waals surface area contributed by atoms with Gasteiger partial charge in [0.1, 0.15) is 36.1 Å². The number of allylic oxidation sites excluding steroid dienone is 1. The highest BCUT2D eigenvalue weighted by Gasteiger charge is 2.65. The van der Waals surface area contributed by atoms with Gasteiger partial charge in [0.15, 0.2) is 17.8 Å². The van der Waals surface area contributed by atoms with Crippen LogP contribution in [0.2, 0.25) is 0 Å². The van der Waals surface area contributed by atoms with Crippen molar-refractivity contribution in [3.8, 4) is 34.5 Å². The number of oxime groups is 1. The van der Waals surface area contributed by atoms with E-state index in [1.54, 1.807) is 42.5 Å². The second-order valence-corrected chi connectivity index (χ2v) is 15.6. The smallest absolute Gasteiger partial charge is 0.254 e. The molecule has 1 fully saturated rings. The van der Waals surface area contributed by atoms with Crippen LogP contribution in [0.25, 0.3) is 0 Å². The molecule has 3 aromatic rings. The molecule has 13 nitrogen and oxygen atoms in total. The van der Waals surface area contributed by atoms with E-state index in [4.69, 9.17) is 33.3 Å². The van der Waals surface area contributed by atoms with Gasteiger partial charge >= 0.3 is 0 Å². The van der Waals surface area contributed by atoms with Gasteiger partial charge in [-0.15, -0.1) is 6.58 Å². The van der Waals surface area contributed by atoms with Crippen molar-refractivity contribution in [1.29, 1.82) is 0 Å². The zero-order valence-electron chi connectivity index (χ0n) is 34.7. The number of amides is 1. The summed E-state index contributed by atoms with van der Waals surface area (Å²) in [5.41, 5.74) is 3.35. The normalized spacial score (nSPS) is 24.1. The molecule has 60 heavy (non-hydrogen) atoms. The SMILES string of the molecule is C=CCO[C@@]12Oc3ccc(Oc4ccc(OC)c(C=O)c4)cc3[C@H]3[C@H](CCCCO)[C@@H](CCCCO)C=C(C(=NOC)C[C@@H]1N(CCC)C(=O)c1ccc4c(c1)OCO4)[C@H]32. The fourth-order valence-corrected chi connectivity index (χ4v) is 9.66. The second-order valence-electron chi connectivity index (χ2n) is 15.6. The summed E-state index contributed by atoms with van der Waals surface area (Å²) in [4.78, 5) is 34.3. The number of hydrogen-bond acceptors (Lipinski definition) is 12. The summed E-state index contributed by atoms with van der Waals surface area (Å²) in [6.45, 7) is 6.85. The summed E-state index contributed by atoms with van der Waals surface area (Å²) in [5, 5.41) is 24.5. The lowest BCUT2D eigenvalue weighted by Gasteiger charge is -2.60. The van der Waals surface area contributed by atoms with Crippen molar-refractivity contribution < 1.29 is 53.1 Å². The molecule has 0 saturated heterocycles. The van der Waals surface area contributed by atoms with E-state index in [2.05, 4.69) is 17.8 Å². The van der Waals surface area contributed by atoms with Crippen molar-refractivity contribution in [2.24, 2.45) is 22.9 Å². The first-order valence-electron chi connectivity index (χ1n) is 21.0. The number of rotatable bonds is 20. The highest BCUT2D eigenvalue weighted by atomic mass is 16.7. The van der Waals surface area contributed by atoms with Gasteiger partial charge in [-0.25, -0.2) is 0 Å². The van der Waals surface area contributed by atoms with Crippen LogP contribution in [0.1, 0.15) is 90.5 Å². The van der Waals surface area contributed by atoms with E-state index in [-0.39, 0.29) is 56.7 Å². The number of hydrogen-bond donors (Lipinski definition) is 2. The van der Waals surface area contributed by atoms with Crippen LogP contribution in [-0.2, 0) is 9.57 Å². The highest BCUT2D eigenvalue weighted by molar-refractivity contribution is 6.03. The third-order valence-electron chi connectivity index (χ3n) is 12.1. The molecule has 2 aliphatic carbocycles. The minimum Gasteiger partial charge on any atom is -0.496 e. The number of aliphatic hydroxyl groups is 2. The van der Waals surface area contributed by atoms with E-state index in [0.717, 1.165) is 43.1 Å². The highest BCUT2D eigenvalue weighted by Crippen LogP contribution is 2.62. The Labute approximate surface area is 351 Å². The standard InChI is InChI=1S/C47H56N2O11/c1-5-19-49(46(53)31-13-16-41-42(25-31)57-29-56-41)43-27-38(48-55-4)36-24-30(11-7-9-20-50)35(12-8-10-21-51)44-37-26-34(59-33-14-17-39(54-3)32(23-33)28-52)15-18-40(37)60-47(43,45(36)44)58-22-6-2/h6,13-18,23-26,28,30,35,43-45,50-51H,2,5,7-12,19-22,27,29H2,1,3-4H3/t30-,35+,43-,44+,45+,47+/m0/s1. The number of methoxy groups -OCH3 is 1. The molecule has 3 aromatic carbocycles. The molecule has 0 bridgehead atoms. The lowest BCUT2D eigenvalue weighted by Crippen LogP contribution is -2.70. The van der Waals surface area contributed by atoms with Gasteiger partial charge in [-0.2, -0.15) is 0 Å². The average molecular weight is 825 g/mol. The van der Waals surface area contributed by atoms with Crippen LogP contribution < -0.4 is 23.7 Å². The van der Waals surface area contributed by atoms with Gasteiger partial charge < -0.3 is 48.4 Å². The molecule has 320 valence electrons. The molecule has 13 heteroatoms. The number of carbonyl (C=O) groups is 2. The molecular formula is C47H56N2O11. The first-order valence-corrected chi connectivity index (χ1v) is 21.0. The van der Waals surface area contributed by atoms with Crippen molar-refractivity contribution in [1.82, 2.24) is 4.90 Å². The van der Waals surface area contributed by atoms with Crippen LogP contribution in [-0.4, -0.2) is 92.2 Å². The van der Waals surface area contributed by atoms with Crippen LogP contribution in [0.5, 0.6) is 34.5 Å². The minimum atomic E-state index is -1.41. The summed E-state index contributed by atoms with van der Waals surface area (Å²) in [6, 6.07) is 15.4. The van der Waals surface area contributed by atoms with Gasteiger partial charge in [0.2, 0.25) is 12.6 Å². The Morgan fingerprint density at radius 1 is 0.967 bits per heavy atom. The predicted molar refractivity (Wildman–Crippen MR) is 224 cm³/mol. The number of carbonyl (C=O) groups excluding carboxylic acids is 2. The topological polar surface area (TPSA) is 155 Å². The molecular weight excluding hydrogens is 769 g/mol. The molecule has 0 unspecified atom stereocenters. The van der Waals surface area contributed by atoms with Crippen molar-refractivity contribution in [3.63, 3.8) is 0 Å². The number of aldehydes is 1. The summed E-state index contributed by atoms with van der Waals surface area (Å²) in [6.07, 6.45) is 10.2. The number of aliphatic hydroxyl groups excluding tert-OH is 2. The largest absolute Gasteiger partial charge is 0.496 e. The first kappa shape index (κ1) is 42.7. The van der Waals surface area contributed by atoms with Crippen molar-refractivity contribution in [2.45, 2.75) is 76.0 Å². The molecule has 2 heterocycles.